The molecule has 1 aromatic heterocycles. The molecule has 1 atom stereocenters. The van der Waals surface area contributed by atoms with Crippen LogP contribution in [0, 0.1) is 6.92 Å². The quantitative estimate of drug-likeness (QED) is 0.252. The van der Waals surface area contributed by atoms with Gasteiger partial charge in [-0.3, -0.25) is 4.79 Å². The fraction of sp³-hybridized carbons (Fsp3) is 0.192. The second kappa shape index (κ2) is 10.6. The molecule has 0 saturated heterocycles. The normalized spacial score (nSPS) is 11.8. The maximum atomic E-state index is 12.7. The Kier molecular flexibility index (Phi) is 7.42. The van der Waals surface area contributed by atoms with E-state index in [1.165, 1.54) is 11.8 Å². The molecule has 5 nitrogen and oxygen atoms in total. The second-order valence-corrected chi connectivity index (χ2v) is 9.66. The molecule has 0 aliphatic carbocycles. The zero-order valence-electron chi connectivity index (χ0n) is 18.4. The minimum absolute atomic E-state index is 0.216. The van der Waals surface area contributed by atoms with E-state index in [2.05, 4.69) is 10.3 Å². The molecule has 0 aliphatic heterocycles. The zero-order chi connectivity index (χ0) is 23.2. The van der Waals surface area contributed by atoms with Crippen molar-refractivity contribution in [3.05, 3.63) is 93.9 Å². The molecule has 33 heavy (non-hydrogen) atoms. The molecule has 168 valence electrons. The predicted octanol–water partition coefficient (Wildman–Crippen LogP) is 5.93. The third-order valence-electron chi connectivity index (χ3n) is 5.15. The molecule has 4 rings (SSSR count). The summed E-state index contributed by atoms with van der Waals surface area (Å²) >= 11 is 3.13. The SMILES string of the molecule is Cc1nc(CSc2ccccc2C(=O)OCC(=O)NC(C)c2cccc3ccccc23)cs1. The van der Waals surface area contributed by atoms with Crippen LogP contribution in [0.25, 0.3) is 10.8 Å². The molecule has 0 bridgehead atoms. The van der Waals surface area contributed by atoms with Crippen molar-refractivity contribution in [2.24, 2.45) is 0 Å². The third-order valence-corrected chi connectivity index (χ3v) is 7.08. The van der Waals surface area contributed by atoms with Gasteiger partial charge in [-0.2, -0.15) is 0 Å². The summed E-state index contributed by atoms with van der Waals surface area (Å²) in [6, 6.07) is 21.1. The van der Waals surface area contributed by atoms with Crippen molar-refractivity contribution >= 4 is 45.7 Å². The van der Waals surface area contributed by atoms with Crippen molar-refractivity contribution in [2.45, 2.75) is 30.5 Å². The Balaban J connectivity index is 1.35. The van der Waals surface area contributed by atoms with Crippen molar-refractivity contribution in [1.29, 1.82) is 0 Å². The van der Waals surface area contributed by atoms with Gasteiger partial charge in [0, 0.05) is 16.0 Å². The van der Waals surface area contributed by atoms with E-state index < -0.39 is 5.97 Å². The third kappa shape index (κ3) is 5.80. The molecule has 0 spiro atoms. The summed E-state index contributed by atoms with van der Waals surface area (Å²) < 4.78 is 5.33. The molecule has 4 aromatic rings. The number of carbonyl (C=O) groups is 2. The van der Waals surface area contributed by atoms with Crippen LogP contribution in [-0.2, 0) is 15.3 Å². The lowest BCUT2D eigenvalue weighted by molar-refractivity contribution is -0.124. The van der Waals surface area contributed by atoms with Gasteiger partial charge in [0.1, 0.15) is 0 Å². The number of amides is 1. The van der Waals surface area contributed by atoms with Gasteiger partial charge in [-0.1, -0.05) is 54.6 Å². The average Bonchev–Trinajstić information content (AvgIpc) is 3.26. The largest absolute Gasteiger partial charge is 0.452 e. The van der Waals surface area contributed by atoms with Crippen LogP contribution in [0.5, 0.6) is 0 Å². The average molecular weight is 477 g/mol. The summed E-state index contributed by atoms with van der Waals surface area (Å²) in [6.45, 7) is 3.56. The number of hydrogen-bond donors (Lipinski definition) is 1. The summed E-state index contributed by atoms with van der Waals surface area (Å²) in [5.41, 5.74) is 2.45. The first-order valence-electron chi connectivity index (χ1n) is 10.6. The number of rotatable bonds is 8. The highest BCUT2D eigenvalue weighted by atomic mass is 32.2. The highest BCUT2D eigenvalue weighted by Crippen LogP contribution is 2.27. The number of esters is 1. The van der Waals surface area contributed by atoms with Crippen LogP contribution in [0.1, 0.15) is 39.6 Å². The van der Waals surface area contributed by atoms with Crippen LogP contribution >= 0.6 is 23.1 Å². The number of ether oxygens (including phenoxy) is 1. The molecule has 0 fully saturated rings. The minimum Gasteiger partial charge on any atom is -0.452 e. The van der Waals surface area contributed by atoms with E-state index in [-0.39, 0.29) is 18.6 Å². The van der Waals surface area contributed by atoms with E-state index in [1.54, 1.807) is 23.5 Å². The summed E-state index contributed by atoms with van der Waals surface area (Å²) in [6.07, 6.45) is 0. The highest BCUT2D eigenvalue weighted by molar-refractivity contribution is 7.98. The maximum absolute atomic E-state index is 12.7. The van der Waals surface area contributed by atoms with E-state index in [9.17, 15) is 9.59 Å². The number of carbonyl (C=O) groups excluding carboxylic acids is 2. The maximum Gasteiger partial charge on any atom is 0.339 e. The number of benzene rings is 3. The van der Waals surface area contributed by atoms with Gasteiger partial charge in [-0.05, 0) is 42.3 Å². The second-order valence-electron chi connectivity index (χ2n) is 7.58. The zero-order valence-corrected chi connectivity index (χ0v) is 20.0. The van der Waals surface area contributed by atoms with Crippen molar-refractivity contribution in [2.75, 3.05) is 6.61 Å². The van der Waals surface area contributed by atoms with Crippen LogP contribution < -0.4 is 5.32 Å². The van der Waals surface area contributed by atoms with Gasteiger partial charge >= 0.3 is 5.97 Å². The number of hydrogen-bond acceptors (Lipinski definition) is 6. The molecular weight excluding hydrogens is 452 g/mol. The number of thiazole rings is 1. The molecule has 7 heteroatoms. The van der Waals surface area contributed by atoms with Crippen LogP contribution in [0.4, 0.5) is 0 Å². The van der Waals surface area contributed by atoms with Gasteiger partial charge in [0.05, 0.1) is 22.3 Å². The fourth-order valence-corrected chi connectivity index (χ4v) is 5.24. The Morgan fingerprint density at radius 3 is 2.64 bits per heavy atom. The number of aromatic nitrogens is 1. The van der Waals surface area contributed by atoms with Crippen LogP contribution in [0.15, 0.2) is 77.0 Å². The number of fused-ring (bicyclic) bond motifs is 1. The van der Waals surface area contributed by atoms with Gasteiger partial charge in [0.15, 0.2) is 6.61 Å². The Hall–Kier alpha value is -3.16. The Morgan fingerprint density at radius 1 is 1.06 bits per heavy atom. The van der Waals surface area contributed by atoms with E-state index >= 15 is 0 Å². The van der Waals surface area contributed by atoms with E-state index in [1.807, 2.05) is 73.8 Å². The van der Waals surface area contributed by atoms with Crippen LogP contribution in [0.3, 0.4) is 0 Å². The first kappa shape index (κ1) is 23.0. The molecule has 3 aromatic carbocycles. The lowest BCUT2D eigenvalue weighted by atomic mass is 10.00. The first-order chi connectivity index (χ1) is 16.0. The molecule has 0 saturated carbocycles. The standard InChI is InChI=1S/C26H24N2O3S2/c1-17(21-12-7-9-19-8-3-4-10-22(19)21)27-25(29)14-31-26(30)23-11-5-6-13-24(23)33-16-20-15-32-18(2)28-20/h3-13,15,17H,14,16H2,1-2H3,(H,27,29). The van der Waals surface area contributed by atoms with E-state index in [4.69, 9.17) is 4.74 Å². The minimum atomic E-state index is -0.513. The van der Waals surface area contributed by atoms with Crippen molar-refractivity contribution in [3.63, 3.8) is 0 Å². The van der Waals surface area contributed by atoms with Crippen molar-refractivity contribution in [1.82, 2.24) is 10.3 Å². The first-order valence-corrected chi connectivity index (χ1v) is 12.4. The number of aryl methyl sites for hydroxylation is 1. The van der Waals surface area contributed by atoms with Gasteiger partial charge in [0.2, 0.25) is 0 Å². The number of thioether (sulfide) groups is 1. The highest BCUT2D eigenvalue weighted by Gasteiger charge is 2.17. The molecule has 1 heterocycles. The van der Waals surface area contributed by atoms with E-state index in [0.717, 1.165) is 31.9 Å². The van der Waals surface area contributed by atoms with Gasteiger partial charge < -0.3 is 10.1 Å². The lowest BCUT2D eigenvalue weighted by Gasteiger charge is -2.17. The van der Waals surface area contributed by atoms with Crippen molar-refractivity contribution in [3.8, 4) is 0 Å². The van der Waals surface area contributed by atoms with Crippen LogP contribution in [-0.4, -0.2) is 23.5 Å². The monoisotopic (exact) mass is 476 g/mol. The fourth-order valence-electron chi connectivity index (χ4n) is 3.59. The lowest BCUT2D eigenvalue weighted by Crippen LogP contribution is -2.31. The van der Waals surface area contributed by atoms with Gasteiger partial charge in [-0.15, -0.1) is 23.1 Å². The number of nitrogens with zero attached hydrogens (tertiary/aromatic N) is 1. The summed E-state index contributed by atoms with van der Waals surface area (Å²) in [4.78, 5) is 30.4. The predicted molar refractivity (Wildman–Crippen MR) is 134 cm³/mol. The summed E-state index contributed by atoms with van der Waals surface area (Å²) in [7, 11) is 0. The molecule has 1 amide bonds. The Morgan fingerprint density at radius 2 is 1.82 bits per heavy atom. The Labute approximate surface area is 201 Å². The summed E-state index contributed by atoms with van der Waals surface area (Å²) in [5, 5.41) is 8.17. The molecular formula is C26H24N2O3S2. The Bertz CT molecular complexity index is 1280. The van der Waals surface area contributed by atoms with E-state index in [0.29, 0.717) is 11.3 Å². The molecule has 0 radical (unpaired) electrons. The summed E-state index contributed by atoms with van der Waals surface area (Å²) in [5.74, 6) is -0.190. The van der Waals surface area contributed by atoms with Gasteiger partial charge in [-0.25, -0.2) is 9.78 Å². The molecule has 1 N–H and O–H groups in total. The topological polar surface area (TPSA) is 68.3 Å². The molecule has 0 aliphatic rings. The van der Waals surface area contributed by atoms with Gasteiger partial charge in [0.25, 0.3) is 5.91 Å². The smallest absolute Gasteiger partial charge is 0.339 e. The van der Waals surface area contributed by atoms with Crippen LogP contribution in [0.2, 0.25) is 0 Å². The van der Waals surface area contributed by atoms with Crippen molar-refractivity contribution < 1.29 is 14.3 Å². The molecule has 1 unspecified atom stereocenters. The number of nitrogens with one attached hydrogen (secondary N) is 1.